The highest BCUT2D eigenvalue weighted by atomic mass is 16.5. The second-order valence-electron chi connectivity index (χ2n) is 5.69. The minimum absolute atomic E-state index is 0.135. The van der Waals surface area contributed by atoms with Crippen LogP contribution in [0.5, 0.6) is 5.75 Å². The van der Waals surface area contributed by atoms with Crippen molar-refractivity contribution >= 4 is 5.91 Å². The molecule has 1 saturated heterocycles. The van der Waals surface area contributed by atoms with Gasteiger partial charge in [-0.15, -0.1) is 0 Å². The van der Waals surface area contributed by atoms with E-state index >= 15 is 0 Å². The number of phenols is 1. The molecule has 0 saturated carbocycles. The van der Waals surface area contributed by atoms with Gasteiger partial charge in [-0.05, 0) is 18.6 Å². The molecule has 1 aromatic carbocycles. The zero-order chi connectivity index (χ0) is 16.8. The van der Waals surface area contributed by atoms with E-state index in [2.05, 4.69) is 15.4 Å². The van der Waals surface area contributed by atoms with Gasteiger partial charge in [0.1, 0.15) is 5.75 Å². The Bertz CT molecular complexity index is 678. The van der Waals surface area contributed by atoms with Crippen LogP contribution < -0.4 is 5.32 Å². The zero-order valence-electron chi connectivity index (χ0n) is 13.4. The van der Waals surface area contributed by atoms with Crippen molar-refractivity contribution in [1.29, 1.82) is 0 Å². The molecule has 3 rings (SSSR count). The van der Waals surface area contributed by atoms with Crippen LogP contribution in [0.1, 0.15) is 16.9 Å². The molecule has 2 aromatic rings. The van der Waals surface area contributed by atoms with Crippen LogP contribution in [0, 0.1) is 0 Å². The van der Waals surface area contributed by atoms with Gasteiger partial charge in [0.05, 0.1) is 6.61 Å². The van der Waals surface area contributed by atoms with Gasteiger partial charge in [-0.2, -0.15) is 0 Å². The van der Waals surface area contributed by atoms with Gasteiger partial charge in [-0.25, -0.2) is 0 Å². The summed E-state index contributed by atoms with van der Waals surface area (Å²) in [4.78, 5) is 14.4. The van der Waals surface area contributed by atoms with Crippen molar-refractivity contribution in [3.63, 3.8) is 0 Å². The van der Waals surface area contributed by atoms with E-state index in [0.29, 0.717) is 17.9 Å². The van der Waals surface area contributed by atoms with Crippen LogP contribution in [-0.4, -0.2) is 60.5 Å². The molecule has 1 aromatic heterocycles. The van der Waals surface area contributed by atoms with Crippen molar-refractivity contribution in [1.82, 2.24) is 15.4 Å². The van der Waals surface area contributed by atoms with E-state index in [1.54, 1.807) is 30.3 Å². The Balaban J connectivity index is 1.52. The van der Waals surface area contributed by atoms with Gasteiger partial charge in [0, 0.05) is 44.4 Å². The number of nitrogens with one attached hydrogen (secondary N) is 1. The molecule has 1 fully saturated rings. The third-order valence-electron chi connectivity index (χ3n) is 3.90. The summed E-state index contributed by atoms with van der Waals surface area (Å²) in [5, 5.41) is 16.1. The Morgan fingerprint density at radius 2 is 2.21 bits per heavy atom. The topological polar surface area (TPSA) is 87.8 Å². The van der Waals surface area contributed by atoms with E-state index in [0.717, 1.165) is 39.3 Å². The Morgan fingerprint density at radius 3 is 3.08 bits per heavy atom. The van der Waals surface area contributed by atoms with Crippen molar-refractivity contribution in [2.75, 3.05) is 39.4 Å². The summed E-state index contributed by atoms with van der Waals surface area (Å²) in [6.07, 6.45) is 1.02. The molecule has 0 aliphatic carbocycles. The minimum atomic E-state index is -0.267. The van der Waals surface area contributed by atoms with E-state index in [1.165, 1.54) is 0 Å². The van der Waals surface area contributed by atoms with Gasteiger partial charge in [-0.3, -0.25) is 9.69 Å². The molecule has 128 valence electrons. The quantitative estimate of drug-likeness (QED) is 0.863. The third kappa shape index (κ3) is 4.33. The number of benzene rings is 1. The number of hydrogen-bond donors (Lipinski definition) is 2. The zero-order valence-corrected chi connectivity index (χ0v) is 13.4. The maximum atomic E-state index is 12.1. The lowest BCUT2D eigenvalue weighted by atomic mass is 10.1. The maximum Gasteiger partial charge on any atom is 0.273 e. The van der Waals surface area contributed by atoms with Crippen LogP contribution in [0.4, 0.5) is 0 Å². The summed E-state index contributed by atoms with van der Waals surface area (Å²) in [6.45, 7) is 4.76. The summed E-state index contributed by atoms with van der Waals surface area (Å²) in [5.41, 5.74) is 0.902. The third-order valence-corrected chi connectivity index (χ3v) is 3.90. The molecule has 7 nitrogen and oxygen atoms in total. The van der Waals surface area contributed by atoms with Gasteiger partial charge in [0.25, 0.3) is 5.91 Å². The van der Waals surface area contributed by atoms with Crippen molar-refractivity contribution in [3.05, 3.63) is 36.0 Å². The van der Waals surface area contributed by atoms with Gasteiger partial charge in [0.15, 0.2) is 11.5 Å². The predicted octanol–water partition coefficient (Wildman–Crippen LogP) is 1.50. The largest absolute Gasteiger partial charge is 0.508 e. The number of carbonyl (C=O) groups excluding carboxylic acids is 1. The van der Waals surface area contributed by atoms with Crippen LogP contribution in [0.3, 0.4) is 0 Å². The van der Waals surface area contributed by atoms with Crippen LogP contribution in [0.15, 0.2) is 34.9 Å². The molecule has 0 atom stereocenters. The Kier molecular flexibility index (Phi) is 5.45. The number of nitrogens with zero attached hydrogens (tertiary/aromatic N) is 2. The summed E-state index contributed by atoms with van der Waals surface area (Å²) in [7, 11) is 0. The number of ether oxygens (including phenoxy) is 1. The Hall–Kier alpha value is -2.38. The van der Waals surface area contributed by atoms with E-state index in [9.17, 15) is 9.90 Å². The average Bonchev–Trinajstić information content (AvgIpc) is 2.94. The van der Waals surface area contributed by atoms with Crippen molar-refractivity contribution in [2.24, 2.45) is 0 Å². The second kappa shape index (κ2) is 7.94. The number of amides is 1. The Morgan fingerprint density at radius 1 is 1.29 bits per heavy atom. The lowest BCUT2D eigenvalue weighted by molar-refractivity contribution is 0.0938. The number of rotatable bonds is 5. The highest BCUT2D eigenvalue weighted by Crippen LogP contribution is 2.23. The molecule has 2 N–H and O–H groups in total. The smallest absolute Gasteiger partial charge is 0.273 e. The van der Waals surface area contributed by atoms with Crippen LogP contribution >= 0.6 is 0 Å². The predicted molar refractivity (Wildman–Crippen MR) is 87.8 cm³/mol. The lowest BCUT2D eigenvalue weighted by Gasteiger charge is -2.18. The summed E-state index contributed by atoms with van der Waals surface area (Å²) in [5.74, 6) is 0.313. The fraction of sp³-hybridized carbons (Fsp3) is 0.412. The molecule has 1 aliphatic heterocycles. The molecule has 0 bridgehead atoms. The van der Waals surface area contributed by atoms with Gasteiger partial charge in [-0.1, -0.05) is 17.3 Å². The van der Waals surface area contributed by atoms with Crippen molar-refractivity contribution in [2.45, 2.75) is 6.42 Å². The minimum Gasteiger partial charge on any atom is -0.508 e. The van der Waals surface area contributed by atoms with Crippen molar-refractivity contribution in [3.8, 4) is 17.1 Å². The summed E-state index contributed by atoms with van der Waals surface area (Å²) in [6, 6.07) is 8.19. The van der Waals surface area contributed by atoms with E-state index in [-0.39, 0.29) is 17.4 Å². The SMILES string of the molecule is O=C(NCCN1CCCOCC1)c1cc(-c2cccc(O)c2)on1. The first-order valence-corrected chi connectivity index (χ1v) is 8.07. The standard InChI is InChI=1S/C17H21N3O4/c21-14-4-1-3-13(11-14)16-12-15(19-24-16)17(22)18-5-7-20-6-2-9-23-10-8-20/h1,3-4,11-12,21H,2,5-10H2,(H,18,22). The van der Waals surface area contributed by atoms with Gasteiger partial charge < -0.3 is 19.7 Å². The first-order chi connectivity index (χ1) is 11.7. The first-order valence-electron chi connectivity index (χ1n) is 8.07. The summed E-state index contributed by atoms with van der Waals surface area (Å²) < 4.78 is 10.6. The van der Waals surface area contributed by atoms with E-state index < -0.39 is 0 Å². The fourth-order valence-corrected chi connectivity index (χ4v) is 2.62. The van der Waals surface area contributed by atoms with Crippen LogP contribution in [0.25, 0.3) is 11.3 Å². The first kappa shape index (κ1) is 16.5. The number of aromatic hydroxyl groups is 1. The monoisotopic (exact) mass is 331 g/mol. The molecule has 0 spiro atoms. The summed E-state index contributed by atoms with van der Waals surface area (Å²) >= 11 is 0. The highest BCUT2D eigenvalue weighted by Gasteiger charge is 2.14. The Labute approximate surface area is 140 Å². The van der Waals surface area contributed by atoms with Crippen LogP contribution in [-0.2, 0) is 4.74 Å². The number of hydrogen-bond acceptors (Lipinski definition) is 6. The van der Waals surface area contributed by atoms with Crippen molar-refractivity contribution < 1.29 is 19.2 Å². The molecule has 1 amide bonds. The highest BCUT2D eigenvalue weighted by molar-refractivity contribution is 5.93. The molecule has 0 radical (unpaired) electrons. The molecular weight excluding hydrogens is 310 g/mol. The number of phenolic OH excluding ortho intramolecular Hbond substituents is 1. The maximum absolute atomic E-state index is 12.1. The molecule has 2 heterocycles. The normalized spacial score (nSPS) is 15.8. The number of aromatic nitrogens is 1. The molecule has 0 unspecified atom stereocenters. The molecule has 1 aliphatic rings. The van der Waals surface area contributed by atoms with Crippen LogP contribution in [0.2, 0.25) is 0 Å². The molecule has 7 heteroatoms. The van der Waals surface area contributed by atoms with Gasteiger partial charge in [0.2, 0.25) is 0 Å². The average molecular weight is 331 g/mol. The fourth-order valence-electron chi connectivity index (χ4n) is 2.62. The lowest BCUT2D eigenvalue weighted by Crippen LogP contribution is -2.36. The van der Waals surface area contributed by atoms with E-state index in [4.69, 9.17) is 9.26 Å². The van der Waals surface area contributed by atoms with Gasteiger partial charge >= 0.3 is 0 Å². The second-order valence-corrected chi connectivity index (χ2v) is 5.69. The van der Waals surface area contributed by atoms with E-state index in [1.807, 2.05) is 0 Å². The molecule has 24 heavy (non-hydrogen) atoms. The molecular formula is C17H21N3O4. The number of carbonyl (C=O) groups is 1.